The highest BCUT2D eigenvalue weighted by atomic mass is 16.7. The lowest BCUT2D eigenvalue weighted by Gasteiger charge is -2.46. The van der Waals surface area contributed by atoms with Crippen LogP contribution in [0.4, 0.5) is 0 Å². The molecule has 0 saturated carbocycles. The van der Waals surface area contributed by atoms with Crippen molar-refractivity contribution in [2.24, 2.45) is 5.92 Å². The lowest BCUT2D eigenvalue weighted by molar-refractivity contribution is -0.327. The zero-order valence-corrected chi connectivity index (χ0v) is 31.2. The molecule has 1 heterocycles. The molecule has 0 spiro atoms. The Morgan fingerprint density at radius 3 is 1.44 bits per heavy atom. The van der Waals surface area contributed by atoms with E-state index in [1.807, 2.05) is 72.8 Å². The molecule has 6 nitrogen and oxygen atoms in total. The van der Waals surface area contributed by atoms with Crippen molar-refractivity contribution in [3.8, 4) is 0 Å². The molecule has 0 radical (unpaired) electrons. The standard InChI is InChI=1S/C46H58O6/c1-4-6-28-41(29-7-5-2)36(3)30-51-46-45(50-34-40-26-18-11-19-27-40)44(49-33-39-24-16-10-17-25-39)43(48-32-38-22-14-9-15-23-38)42(52-46)35-47-31-37-20-12-8-13-21-37/h8-27,41-46H,3-7,28-35H2,1-2H3/t42-,43-,44+,45-,46?/m1/s1. The molecule has 0 aliphatic carbocycles. The van der Waals surface area contributed by atoms with Gasteiger partial charge in [0.15, 0.2) is 6.29 Å². The Balaban J connectivity index is 1.44. The van der Waals surface area contributed by atoms with E-state index in [4.69, 9.17) is 28.4 Å². The van der Waals surface area contributed by atoms with Crippen molar-refractivity contribution in [2.75, 3.05) is 13.2 Å². The molecule has 1 fully saturated rings. The Labute approximate surface area is 312 Å². The van der Waals surface area contributed by atoms with Crippen LogP contribution < -0.4 is 0 Å². The second kappa shape index (κ2) is 22.4. The van der Waals surface area contributed by atoms with Crippen LogP contribution in [0.2, 0.25) is 0 Å². The molecule has 1 saturated heterocycles. The van der Waals surface area contributed by atoms with Crippen molar-refractivity contribution in [3.05, 3.63) is 156 Å². The van der Waals surface area contributed by atoms with Gasteiger partial charge in [-0.25, -0.2) is 0 Å². The Morgan fingerprint density at radius 1 is 0.558 bits per heavy atom. The first-order chi connectivity index (χ1) is 25.6. The molecule has 1 unspecified atom stereocenters. The SMILES string of the molecule is C=C(COC1O[C@H](COCc2ccccc2)[C@@H](OCc2ccccc2)[C@H](OCc2ccccc2)[C@H]1OCc1ccccc1)C(CCCC)CCCC. The van der Waals surface area contributed by atoms with Gasteiger partial charge in [-0.15, -0.1) is 0 Å². The van der Waals surface area contributed by atoms with Crippen LogP contribution in [-0.2, 0) is 54.8 Å². The predicted molar refractivity (Wildman–Crippen MR) is 207 cm³/mol. The first-order valence-corrected chi connectivity index (χ1v) is 19.2. The van der Waals surface area contributed by atoms with Crippen molar-refractivity contribution >= 4 is 0 Å². The minimum Gasteiger partial charge on any atom is -0.374 e. The summed E-state index contributed by atoms with van der Waals surface area (Å²) in [6.07, 6.45) is 4.05. The summed E-state index contributed by atoms with van der Waals surface area (Å²) in [7, 11) is 0. The molecule has 52 heavy (non-hydrogen) atoms. The second-order valence-electron chi connectivity index (χ2n) is 13.8. The highest BCUT2D eigenvalue weighted by molar-refractivity contribution is 5.16. The number of hydrogen-bond donors (Lipinski definition) is 0. The summed E-state index contributed by atoms with van der Waals surface area (Å²) >= 11 is 0. The van der Waals surface area contributed by atoms with E-state index in [2.05, 4.69) is 69.0 Å². The van der Waals surface area contributed by atoms with E-state index in [-0.39, 0.29) is 0 Å². The molecule has 0 bridgehead atoms. The van der Waals surface area contributed by atoms with Gasteiger partial charge < -0.3 is 28.4 Å². The number of hydrogen-bond acceptors (Lipinski definition) is 6. The van der Waals surface area contributed by atoms with Gasteiger partial charge in [0.2, 0.25) is 0 Å². The normalized spacial score (nSPS) is 20.2. The van der Waals surface area contributed by atoms with Crippen molar-refractivity contribution in [1.29, 1.82) is 0 Å². The van der Waals surface area contributed by atoms with E-state index in [9.17, 15) is 0 Å². The van der Waals surface area contributed by atoms with Crippen LogP contribution in [0.5, 0.6) is 0 Å². The minimum absolute atomic E-state index is 0.293. The Hall–Kier alpha value is -3.62. The topological polar surface area (TPSA) is 55.4 Å². The lowest BCUT2D eigenvalue weighted by Crippen LogP contribution is -2.61. The number of ether oxygens (including phenoxy) is 6. The van der Waals surface area contributed by atoms with Gasteiger partial charge >= 0.3 is 0 Å². The molecule has 5 rings (SSSR count). The quantitative estimate of drug-likeness (QED) is 0.0716. The van der Waals surface area contributed by atoms with Crippen LogP contribution in [0.1, 0.15) is 74.6 Å². The molecule has 1 aliphatic rings. The summed E-state index contributed by atoms with van der Waals surface area (Å²) < 4.78 is 40.4. The molecular weight excluding hydrogens is 649 g/mol. The highest BCUT2D eigenvalue weighted by Gasteiger charge is 2.49. The average molecular weight is 707 g/mol. The summed E-state index contributed by atoms with van der Waals surface area (Å²) in [6, 6.07) is 40.8. The monoisotopic (exact) mass is 706 g/mol. The first-order valence-electron chi connectivity index (χ1n) is 19.2. The number of benzene rings is 4. The van der Waals surface area contributed by atoms with Gasteiger partial charge in [0, 0.05) is 0 Å². The van der Waals surface area contributed by atoms with Gasteiger partial charge in [0.05, 0.1) is 39.6 Å². The molecule has 0 amide bonds. The van der Waals surface area contributed by atoms with Crippen LogP contribution in [0.3, 0.4) is 0 Å². The number of rotatable bonds is 23. The van der Waals surface area contributed by atoms with Crippen molar-refractivity contribution in [3.63, 3.8) is 0 Å². The zero-order chi connectivity index (χ0) is 36.2. The van der Waals surface area contributed by atoms with E-state index >= 15 is 0 Å². The molecule has 5 atom stereocenters. The Kier molecular flexibility index (Phi) is 17.1. The highest BCUT2D eigenvalue weighted by Crippen LogP contribution is 2.33. The Morgan fingerprint density at radius 2 is 0.981 bits per heavy atom. The third-order valence-corrected chi connectivity index (χ3v) is 9.66. The fourth-order valence-corrected chi connectivity index (χ4v) is 6.64. The molecule has 1 aliphatic heterocycles. The van der Waals surface area contributed by atoms with E-state index in [0.717, 1.165) is 53.5 Å². The maximum absolute atomic E-state index is 6.88. The fraction of sp³-hybridized carbons (Fsp3) is 0.435. The van der Waals surface area contributed by atoms with Crippen LogP contribution in [-0.4, -0.2) is 43.9 Å². The van der Waals surface area contributed by atoms with Gasteiger partial charge in [-0.05, 0) is 46.6 Å². The summed E-state index contributed by atoms with van der Waals surface area (Å²) in [6.45, 7) is 11.3. The van der Waals surface area contributed by atoms with Crippen molar-refractivity contribution in [2.45, 2.75) is 110 Å². The summed E-state index contributed by atoms with van der Waals surface area (Å²) in [5.41, 5.74) is 5.38. The molecule has 0 aromatic heterocycles. The lowest BCUT2D eigenvalue weighted by atomic mass is 9.90. The smallest absolute Gasteiger partial charge is 0.187 e. The van der Waals surface area contributed by atoms with E-state index in [1.165, 1.54) is 12.8 Å². The molecule has 278 valence electrons. The summed E-state index contributed by atoms with van der Waals surface area (Å²) in [5.74, 6) is 0.407. The molecule has 4 aromatic carbocycles. The maximum Gasteiger partial charge on any atom is 0.187 e. The van der Waals surface area contributed by atoms with Gasteiger partial charge in [-0.2, -0.15) is 0 Å². The summed E-state index contributed by atoms with van der Waals surface area (Å²) in [5, 5.41) is 0. The second-order valence-corrected chi connectivity index (χ2v) is 13.8. The molecular formula is C46H58O6. The van der Waals surface area contributed by atoms with Crippen LogP contribution >= 0.6 is 0 Å². The third kappa shape index (κ3) is 12.8. The first kappa shape index (κ1) is 39.6. The minimum atomic E-state index is -0.735. The van der Waals surface area contributed by atoms with Gasteiger partial charge in [0.1, 0.15) is 24.4 Å². The fourth-order valence-electron chi connectivity index (χ4n) is 6.64. The van der Waals surface area contributed by atoms with Crippen LogP contribution in [0, 0.1) is 5.92 Å². The average Bonchev–Trinajstić information content (AvgIpc) is 3.19. The third-order valence-electron chi connectivity index (χ3n) is 9.66. The summed E-state index contributed by atoms with van der Waals surface area (Å²) in [4.78, 5) is 0. The molecule has 0 N–H and O–H groups in total. The maximum atomic E-state index is 6.88. The van der Waals surface area contributed by atoms with E-state index in [0.29, 0.717) is 45.6 Å². The largest absolute Gasteiger partial charge is 0.374 e. The van der Waals surface area contributed by atoms with E-state index in [1.54, 1.807) is 0 Å². The molecule has 6 heteroatoms. The van der Waals surface area contributed by atoms with Gasteiger partial charge in [-0.1, -0.05) is 167 Å². The Bertz CT molecular complexity index is 1510. The predicted octanol–water partition coefficient (Wildman–Crippen LogP) is 10.3. The van der Waals surface area contributed by atoms with Crippen LogP contribution in [0.25, 0.3) is 0 Å². The molecule has 4 aromatic rings. The number of unbranched alkanes of at least 4 members (excludes halogenated alkanes) is 2. The van der Waals surface area contributed by atoms with Crippen molar-refractivity contribution < 1.29 is 28.4 Å². The van der Waals surface area contributed by atoms with Crippen molar-refractivity contribution in [1.82, 2.24) is 0 Å². The van der Waals surface area contributed by atoms with Crippen LogP contribution in [0.15, 0.2) is 133 Å². The zero-order valence-electron chi connectivity index (χ0n) is 31.2. The van der Waals surface area contributed by atoms with Gasteiger partial charge in [-0.3, -0.25) is 0 Å². The van der Waals surface area contributed by atoms with Gasteiger partial charge in [0.25, 0.3) is 0 Å². The van der Waals surface area contributed by atoms with E-state index < -0.39 is 30.7 Å².